The van der Waals surface area contributed by atoms with Crippen LogP contribution in [0.5, 0.6) is 0 Å². The van der Waals surface area contributed by atoms with Crippen molar-refractivity contribution in [2.45, 2.75) is 38.1 Å². The molecule has 0 aromatic carbocycles. The first-order valence-corrected chi connectivity index (χ1v) is 11.3. The van der Waals surface area contributed by atoms with Gasteiger partial charge in [-0.3, -0.25) is 9.69 Å². The summed E-state index contributed by atoms with van der Waals surface area (Å²) in [5.41, 5.74) is 2.66. The molecular weight excluding hydrogens is 400 g/mol. The Labute approximate surface area is 182 Å². The Morgan fingerprint density at radius 2 is 1.83 bits per heavy atom. The van der Waals surface area contributed by atoms with Crippen molar-refractivity contribution in [2.24, 2.45) is 0 Å². The van der Waals surface area contributed by atoms with E-state index in [2.05, 4.69) is 19.8 Å². The maximum Gasteiger partial charge on any atom is 0.257 e. The van der Waals surface area contributed by atoms with E-state index in [0.717, 1.165) is 62.3 Å². The van der Waals surface area contributed by atoms with Crippen molar-refractivity contribution in [3.63, 3.8) is 0 Å². The van der Waals surface area contributed by atoms with Crippen LogP contribution in [0.15, 0.2) is 24.5 Å². The van der Waals surface area contributed by atoms with E-state index in [0.29, 0.717) is 18.7 Å². The number of fused-ring (bicyclic) bond motifs is 1. The van der Waals surface area contributed by atoms with Crippen molar-refractivity contribution in [1.29, 1.82) is 0 Å². The third-order valence-electron chi connectivity index (χ3n) is 6.68. The predicted octanol–water partition coefficient (Wildman–Crippen LogP) is 2.44. The van der Waals surface area contributed by atoms with Crippen LogP contribution in [-0.2, 0) is 12.8 Å². The van der Waals surface area contributed by atoms with Gasteiger partial charge in [-0.1, -0.05) is 18.0 Å². The molecular formula is C22H27ClN6O. The average molecular weight is 427 g/mol. The van der Waals surface area contributed by atoms with E-state index in [1.165, 1.54) is 19.3 Å². The number of piperazine rings is 1. The molecule has 1 saturated carbocycles. The van der Waals surface area contributed by atoms with Gasteiger partial charge in [0, 0.05) is 64.1 Å². The van der Waals surface area contributed by atoms with E-state index in [1.807, 2.05) is 11.1 Å². The number of pyridine rings is 1. The fraction of sp³-hybridized carbons (Fsp3) is 0.545. The lowest BCUT2D eigenvalue weighted by atomic mass is 9.91. The van der Waals surface area contributed by atoms with Gasteiger partial charge >= 0.3 is 0 Å². The summed E-state index contributed by atoms with van der Waals surface area (Å²) >= 11 is 6.13. The minimum absolute atomic E-state index is 0.0683. The summed E-state index contributed by atoms with van der Waals surface area (Å²) in [6.45, 7) is 5.43. The number of halogens is 1. The van der Waals surface area contributed by atoms with Gasteiger partial charge in [0.05, 0.1) is 11.3 Å². The average Bonchev–Trinajstić information content (AvgIpc) is 2.95. The Morgan fingerprint density at radius 3 is 2.57 bits per heavy atom. The number of nitrogens with zero attached hydrogens (tertiary/aromatic N) is 6. The van der Waals surface area contributed by atoms with E-state index in [9.17, 15) is 4.79 Å². The first-order valence-electron chi connectivity index (χ1n) is 10.9. The number of anilines is 1. The van der Waals surface area contributed by atoms with Crippen molar-refractivity contribution in [3.8, 4) is 0 Å². The Balaban J connectivity index is 1.25. The van der Waals surface area contributed by atoms with Crippen molar-refractivity contribution in [1.82, 2.24) is 24.8 Å². The molecule has 5 rings (SSSR count). The molecule has 0 bridgehead atoms. The van der Waals surface area contributed by atoms with Gasteiger partial charge in [0.25, 0.3) is 5.91 Å². The van der Waals surface area contributed by atoms with E-state index >= 15 is 0 Å². The van der Waals surface area contributed by atoms with E-state index in [-0.39, 0.29) is 11.1 Å². The molecule has 3 aliphatic rings. The molecule has 0 radical (unpaired) electrons. The highest BCUT2D eigenvalue weighted by molar-refractivity contribution is 6.32. The summed E-state index contributed by atoms with van der Waals surface area (Å²) in [6, 6.07) is 4.28. The van der Waals surface area contributed by atoms with Crippen LogP contribution in [0.2, 0.25) is 5.15 Å². The normalized spacial score (nSPS) is 20.4. The zero-order valence-electron chi connectivity index (χ0n) is 17.1. The molecule has 2 aliphatic heterocycles. The molecule has 0 N–H and O–H groups in total. The lowest BCUT2D eigenvalue weighted by Crippen LogP contribution is -2.52. The third-order valence-corrected chi connectivity index (χ3v) is 6.98. The molecule has 8 heteroatoms. The highest BCUT2D eigenvalue weighted by atomic mass is 35.5. The second-order valence-corrected chi connectivity index (χ2v) is 8.74. The highest BCUT2D eigenvalue weighted by Crippen LogP contribution is 2.26. The van der Waals surface area contributed by atoms with Gasteiger partial charge in [-0.15, -0.1) is 0 Å². The quantitative estimate of drug-likeness (QED) is 0.702. The number of carbonyl (C=O) groups is 1. The van der Waals surface area contributed by atoms with Crippen LogP contribution in [-0.4, -0.2) is 76.0 Å². The van der Waals surface area contributed by atoms with Gasteiger partial charge in [-0.05, 0) is 37.0 Å². The SMILES string of the molecule is O=C(c1cccnc1Cl)N1CCc2cnc(N3CCN(C4CCC4)CC3)nc2CC1. The van der Waals surface area contributed by atoms with Crippen LogP contribution < -0.4 is 4.90 Å². The summed E-state index contributed by atoms with van der Waals surface area (Å²) in [4.78, 5) is 33.3. The standard InChI is InChI=1S/C22H27ClN6O/c23-20-18(5-2-8-24-20)21(30)28-9-6-16-15-25-22(26-19(16)7-10-28)29-13-11-27(12-14-29)17-3-1-4-17/h2,5,8,15,17H,1,3-4,6-7,9-14H2. The van der Waals surface area contributed by atoms with Crippen molar-refractivity contribution in [2.75, 3.05) is 44.2 Å². The van der Waals surface area contributed by atoms with Crippen LogP contribution in [0.3, 0.4) is 0 Å². The second-order valence-electron chi connectivity index (χ2n) is 8.38. The lowest BCUT2D eigenvalue weighted by Gasteiger charge is -2.43. The molecule has 0 spiro atoms. The van der Waals surface area contributed by atoms with Crippen molar-refractivity contribution < 1.29 is 4.79 Å². The number of hydrogen-bond donors (Lipinski definition) is 0. The summed E-state index contributed by atoms with van der Waals surface area (Å²) in [6.07, 6.45) is 9.14. The van der Waals surface area contributed by atoms with Gasteiger partial charge in [0.2, 0.25) is 5.95 Å². The minimum Gasteiger partial charge on any atom is -0.338 e. The van der Waals surface area contributed by atoms with Crippen LogP contribution in [0.4, 0.5) is 5.95 Å². The van der Waals surface area contributed by atoms with Crippen LogP contribution in [0.25, 0.3) is 0 Å². The van der Waals surface area contributed by atoms with Gasteiger partial charge < -0.3 is 9.80 Å². The maximum atomic E-state index is 12.9. The fourth-order valence-electron chi connectivity index (χ4n) is 4.58. The van der Waals surface area contributed by atoms with Crippen LogP contribution in [0.1, 0.15) is 40.9 Å². The van der Waals surface area contributed by atoms with E-state index < -0.39 is 0 Å². The van der Waals surface area contributed by atoms with Crippen LogP contribution >= 0.6 is 11.6 Å². The minimum atomic E-state index is -0.0683. The summed E-state index contributed by atoms with van der Waals surface area (Å²) < 4.78 is 0. The van der Waals surface area contributed by atoms with E-state index in [1.54, 1.807) is 18.3 Å². The molecule has 2 aromatic rings. The van der Waals surface area contributed by atoms with Crippen molar-refractivity contribution >= 4 is 23.5 Å². The Kier molecular flexibility index (Phi) is 5.56. The van der Waals surface area contributed by atoms with Gasteiger partial charge in [-0.2, -0.15) is 0 Å². The Bertz CT molecular complexity index is 926. The third kappa shape index (κ3) is 3.88. The molecule has 4 heterocycles. The van der Waals surface area contributed by atoms with Crippen LogP contribution in [0, 0.1) is 0 Å². The number of rotatable bonds is 3. The Morgan fingerprint density at radius 1 is 1.03 bits per heavy atom. The molecule has 2 fully saturated rings. The largest absolute Gasteiger partial charge is 0.338 e. The molecule has 1 amide bonds. The predicted molar refractivity (Wildman–Crippen MR) is 116 cm³/mol. The molecule has 0 unspecified atom stereocenters. The zero-order chi connectivity index (χ0) is 20.5. The molecule has 1 aliphatic carbocycles. The number of amides is 1. The smallest absolute Gasteiger partial charge is 0.257 e. The molecule has 30 heavy (non-hydrogen) atoms. The maximum absolute atomic E-state index is 12.9. The highest BCUT2D eigenvalue weighted by Gasteiger charge is 2.29. The Hall–Kier alpha value is -2.25. The molecule has 158 valence electrons. The van der Waals surface area contributed by atoms with E-state index in [4.69, 9.17) is 16.6 Å². The monoisotopic (exact) mass is 426 g/mol. The fourth-order valence-corrected chi connectivity index (χ4v) is 4.78. The summed E-state index contributed by atoms with van der Waals surface area (Å²) in [5.74, 6) is 0.762. The first-order chi connectivity index (χ1) is 14.7. The number of carbonyl (C=O) groups excluding carboxylic acids is 1. The lowest BCUT2D eigenvalue weighted by molar-refractivity contribution is 0.0762. The molecule has 2 aromatic heterocycles. The summed E-state index contributed by atoms with van der Waals surface area (Å²) in [5, 5.41) is 0.257. The molecule has 1 saturated heterocycles. The van der Waals surface area contributed by atoms with Crippen molar-refractivity contribution in [3.05, 3.63) is 46.5 Å². The molecule has 7 nitrogen and oxygen atoms in total. The number of aromatic nitrogens is 3. The zero-order valence-corrected chi connectivity index (χ0v) is 17.9. The van der Waals surface area contributed by atoms with Gasteiger partial charge in [-0.25, -0.2) is 15.0 Å². The first kappa shape index (κ1) is 19.7. The summed E-state index contributed by atoms with van der Waals surface area (Å²) in [7, 11) is 0. The van der Waals surface area contributed by atoms with Gasteiger partial charge in [0.1, 0.15) is 5.15 Å². The molecule has 0 atom stereocenters. The second kappa shape index (κ2) is 8.47. The topological polar surface area (TPSA) is 65.5 Å². The van der Waals surface area contributed by atoms with Gasteiger partial charge in [0.15, 0.2) is 0 Å². The number of hydrogen-bond acceptors (Lipinski definition) is 6.